The third-order valence-electron chi connectivity index (χ3n) is 2.81. The molecule has 0 aromatic heterocycles. The Hall–Kier alpha value is -0.830. The lowest BCUT2D eigenvalue weighted by Crippen LogP contribution is -2.48. The zero-order valence-electron chi connectivity index (χ0n) is 7.22. The highest BCUT2D eigenvalue weighted by Crippen LogP contribution is 2.31. The van der Waals surface area contributed by atoms with E-state index >= 15 is 0 Å². The molecule has 0 aromatic carbocycles. The van der Waals surface area contributed by atoms with Crippen LogP contribution in [0.15, 0.2) is 11.6 Å². The first-order valence-corrected chi connectivity index (χ1v) is 4.32. The monoisotopic (exact) mass is 167 g/mol. The Morgan fingerprint density at radius 3 is 2.67 bits per heavy atom. The Balaban J connectivity index is 2.21. The van der Waals surface area contributed by atoms with E-state index in [4.69, 9.17) is 4.74 Å². The zero-order chi connectivity index (χ0) is 8.60. The summed E-state index contributed by atoms with van der Waals surface area (Å²) in [4.78, 5) is 11.1. The van der Waals surface area contributed by atoms with Crippen molar-refractivity contribution in [2.24, 2.45) is 0 Å². The van der Waals surface area contributed by atoms with Crippen LogP contribution < -0.4 is 5.32 Å². The van der Waals surface area contributed by atoms with Gasteiger partial charge in [0.25, 0.3) is 0 Å². The lowest BCUT2D eigenvalue weighted by molar-refractivity contribution is -0.117. The molecule has 0 aromatic rings. The van der Waals surface area contributed by atoms with Crippen LogP contribution in [0, 0.1) is 0 Å². The molecule has 0 atom stereocenters. The van der Waals surface area contributed by atoms with Gasteiger partial charge in [0.05, 0.1) is 5.54 Å². The standard InChI is InChI=1S/C9H13NO2/c1-7-6-8(11)10-9(7)2-4-12-5-3-9/h6H,2-5H2,1H3,(H,10,11). The average molecular weight is 167 g/mol. The second kappa shape index (κ2) is 2.59. The predicted molar refractivity (Wildman–Crippen MR) is 44.7 cm³/mol. The van der Waals surface area contributed by atoms with Crippen molar-refractivity contribution in [1.29, 1.82) is 0 Å². The maximum absolute atomic E-state index is 11.1. The molecule has 1 N–H and O–H groups in total. The van der Waals surface area contributed by atoms with E-state index in [0.717, 1.165) is 31.6 Å². The number of rotatable bonds is 0. The van der Waals surface area contributed by atoms with Gasteiger partial charge in [0.2, 0.25) is 5.91 Å². The van der Waals surface area contributed by atoms with Crippen molar-refractivity contribution in [1.82, 2.24) is 5.32 Å². The highest BCUT2D eigenvalue weighted by Gasteiger charge is 2.39. The zero-order valence-corrected chi connectivity index (χ0v) is 7.22. The van der Waals surface area contributed by atoms with Crippen LogP contribution in [0.1, 0.15) is 19.8 Å². The molecule has 0 aliphatic carbocycles. The molecule has 0 unspecified atom stereocenters. The van der Waals surface area contributed by atoms with Crippen molar-refractivity contribution in [3.63, 3.8) is 0 Å². The minimum Gasteiger partial charge on any atom is -0.381 e. The van der Waals surface area contributed by atoms with Crippen LogP contribution in [-0.2, 0) is 9.53 Å². The third kappa shape index (κ3) is 1.05. The van der Waals surface area contributed by atoms with E-state index < -0.39 is 0 Å². The summed E-state index contributed by atoms with van der Waals surface area (Å²) in [6, 6.07) is 0. The van der Waals surface area contributed by atoms with Gasteiger partial charge in [-0.25, -0.2) is 0 Å². The van der Waals surface area contributed by atoms with Crippen LogP contribution >= 0.6 is 0 Å². The maximum Gasteiger partial charge on any atom is 0.244 e. The van der Waals surface area contributed by atoms with Gasteiger partial charge in [0.1, 0.15) is 0 Å². The van der Waals surface area contributed by atoms with Gasteiger partial charge in [-0.3, -0.25) is 4.79 Å². The van der Waals surface area contributed by atoms with E-state index in [9.17, 15) is 4.79 Å². The summed E-state index contributed by atoms with van der Waals surface area (Å²) in [6.45, 7) is 3.53. The lowest BCUT2D eigenvalue weighted by Gasteiger charge is -2.34. The molecule has 2 heterocycles. The topological polar surface area (TPSA) is 38.3 Å². The van der Waals surface area contributed by atoms with Crippen molar-refractivity contribution in [2.75, 3.05) is 13.2 Å². The van der Waals surface area contributed by atoms with Crippen molar-refractivity contribution in [3.05, 3.63) is 11.6 Å². The molecular weight excluding hydrogens is 154 g/mol. The molecule has 1 amide bonds. The first-order chi connectivity index (χ1) is 5.73. The van der Waals surface area contributed by atoms with Gasteiger partial charge in [0, 0.05) is 19.3 Å². The average Bonchev–Trinajstić information content (AvgIpc) is 2.29. The Morgan fingerprint density at radius 1 is 1.50 bits per heavy atom. The fraction of sp³-hybridized carbons (Fsp3) is 0.667. The minimum atomic E-state index is -0.0602. The largest absolute Gasteiger partial charge is 0.381 e. The number of hydrogen-bond donors (Lipinski definition) is 1. The first-order valence-electron chi connectivity index (χ1n) is 4.32. The fourth-order valence-electron chi connectivity index (χ4n) is 1.94. The van der Waals surface area contributed by atoms with Crippen molar-refractivity contribution >= 4 is 5.91 Å². The SMILES string of the molecule is CC1=CC(=O)NC12CCOCC2. The van der Waals surface area contributed by atoms with Gasteiger partial charge >= 0.3 is 0 Å². The Kier molecular flexibility index (Phi) is 1.68. The number of ether oxygens (including phenoxy) is 1. The Morgan fingerprint density at radius 2 is 2.17 bits per heavy atom. The number of carbonyl (C=O) groups excluding carboxylic acids is 1. The molecule has 2 aliphatic rings. The first kappa shape index (κ1) is 7.80. The van der Waals surface area contributed by atoms with Gasteiger partial charge in [-0.05, 0) is 25.3 Å². The van der Waals surface area contributed by atoms with E-state index in [1.54, 1.807) is 6.08 Å². The summed E-state index contributed by atoms with van der Waals surface area (Å²) in [6.07, 6.45) is 3.54. The highest BCUT2D eigenvalue weighted by molar-refractivity contribution is 5.92. The number of hydrogen-bond acceptors (Lipinski definition) is 2. The summed E-state index contributed by atoms with van der Waals surface area (Å²) in [7, 11) is 0. The highest BCUT2D eigenvalue weighted by atomic mass is 16.5. The fourth-order valence-corrected chi connectivity index (χ4v) is 1.94. The quantitative estimate of drug-likeness (QED) is 0.574. The van der Waals surface area contributed by atoms with E-state index in [2.05, 4.69) is 5.32 Å². The number of nitrogens with one attached hydrogen (secondary N) is 1. The molecule has 3 heteroatoms. The smallest absolute Gasteiger partial charge is 0.244 e. The number of carbonyl (C=O) groups is 1. The lowest BCUT2D eigenvalue weighted by atomic mass is 9.85. The third-order valence-corrected chi connectivity index (χ3v) is 2.81. The summed E-state index contributed by atoms with van der Waals surface area (Å²) in [5.74, 6) is 0.0504. The molecule has 2 aliphatic heterocycles. The normalized spacial score (nSPS) is 27.1. The van der Waals surface area contributed by atoms with Crippen LogP contribution in [-0.4, -0.2) is 24.7 Å². The molecule has 0 radical (unpaired) electrons. The second-order valence-electron chi connectivity index (χ2n) is 3.51. The van der Waals surface area contributed by atoms with Crippen LogP contribution in [0.2, 0.25) is 0 Å². The molecule has 3 nitrogen and oxygen atoms in total. The predicted octanol–water partition coefficient (Wildman–Crippen LogP) is 0.612. The summed E-state index contributed by atoms with van der Waals surface area (Å²) < 4.78 is 5.26. The Labute approximate surface area is 71.8 Å². The van der Waals surface area contributed by atoms with E-state index in [0.29, 0.717) is 0 Å². The molecular formula is C9H13NO2. The van der Waals surface area contributed by atoms with Gasteiger partial charge in [0.15, 0.2) is 0 Å². The van der Waals surface area contributed by atoms with Gasteiger partial charge in [-0.1, -0.05) is 0 Å². The van der Waals surface area contributed by atoms with Gasteiger partial charge in [-0.15, -0.1) is 0 Å². The van der Waals surface area contributed by atoms with Crippen LogP contribution in [0.4, 0.5) is 0 Å². The van der Waals surface area contributed by atoms with Crippen molar-refractivity contribution < 1.29 is 9.53 Å². The molecule has 0 bridgehead atoms. The molecule has 1 fully saturated rings. The van der Waals surface area contributed by atoms with Crippen LogP contribution in [0.25, 0.3) is 0 Å². The molecule has 0 saturated carbocycles. The summed E-state index contributed by atoms with van der Waals surface area (Å²) in [5, 5.41) is 3.01. The number of amides is 1. The second-order valence-corrected chi connectivity index (χ2v) is 3.51. The maximum atomic E-state index is 11.1. The summed E-state index contributed by atoms with van der Waals surface area (Å²) >= 11 is 0. The van der Waals surface area contributed by atoms with E-state index in [-0.39, 0.29) is 11.4 Å². The molecule has 1 saturated heterocycles. The molecule has 12 heavy (non-hydrogen) atoms. The van der Waals surface area contributed by atoms with Gasteiger partial charge in [-0.2, -0.15) is 0 Å². The van der Waals surface area contributed by atoms with Crippen LogP contribution in [0.5, 0.6) is 0 Å². The van der Waals surface area contributed by atoms with E-state index in [1.807, 2.05) is 6.92 Å². The summed E-state index contributed by atoms with van der Waals surface area (Å²) in [5.41, 5.74) is 1.10. The van der Waals surface area contributed by atoms with Crippen LogP contribution in [0.3, 0.4) is 0 Å². The minimum absolute atomic E-state index is 0.0504. The molecule has 1 spiro atoms. The molecule has 66 valence electrons. The molecule has 2 rings (SSSR count). The van der Waals surface area contributed by atoms with Gasteiger partial charge < -0.3 is 10.1 Å². The van der Waals surface area contributed by atoms with Crippen molar-refractivity contribution in [3.8, 4) is 0 Å². The van der Waals surface area contributed by atoms with Crippen molar-refractivity contribution in [2.45, 2.75) is 25.3 Å². The van der Waals surface area contributed by atoms with E-state index in [1.165, 1.54) is 0 Å². The Bertz CT molecular complexity index is 239.